The molecular formula is C7H9NO2S. The van der Waals surface area contributed by atoms with Gasteiger partial charge in [0, 0.05) is 5.75 Å². The van der Waals surface area contributed by atoms with Crippen LogP contribution in [0.15, 0.2) is 0 Å². The summed E-state index contributed by atoms with van der Waals surface area (Å²) >= 11 is 1.51. The van der Waals surface area contributed by atoms with E-state index in [4.69, 9.17) is 5.26 Å². The van der Waals surface area contributed by atoms with Crippen LogP contribution in [0.25, 0.3) is 0 Å². The van der Waals surface area contributed by atoms with Crippen molar-refractivity contribution in [1.82, 2.24) is 0 Å². The van der Waals surface area contributed by atoms with Gasteiger partial charge in [-0.15, -0.1) is 11.8 Å². The zero-order valence-electron chi connectivity index (χ0n) is 6.24. The number of ether oxygens (including phenoxy) is 1. The maximum Gasteiger partial charge on any atom is 0.318 e. The summed E-state index contributed by atoms with van der Waals surface area (Å²) in [4.78, 5) is 10.9. The molecule has 3 nitrogen and oxygen atoms in total. The monoisotopic (exact) mass is 171 g/mol. The Morgan fingerprint density at radius 3 is 3.00 bits per heavy atom. The van der Waals surface area contributed by atoms with Gasteiger partial charge in [0.05, 0.1) is 19.1 Å². The molecule has 1 fully saturated rings. The topological polar surface area (TPSA) is 50.1 Å². The molecule has 0 bridgehead atoms. The SMILES string of the molecule is COC(=O)[C@@H]1C[C@H](C#N)CS1. The van der Waals surface area contributed by atoms with Gasteiger partial charge in [0.2, 0.25) is 0 Å². The van der Waals surface area contributed by atoms with Gasteiger partial charge < -0.3 is 4.74 Å². The van der Waals surface area contributed by atoms with Crippen molar-refractivity contribution < 1.29 is 9.53 Å². The highest BCUT2D eigenvalue weighted by atomic mass is 32.2. The Hall–Kier alpha value is -0.690. The van der Waals surface area contributed by atoms with E-state index in [-0.39, 0.29) is 17.1 Å². The fourth-order valence-corrected chi connectivity index (χ4v) is 2.29. The number of rotatable bonds is 1. The van der Waals surface area contributed by atoms with Crippen LogP contribution in [0.1, 0.15) is 6.42 Å². The molecule has 11 heavy (non-hydrogen) atoms. The Morgan fingerprint density at radius 1 is 1.82 bits per heavy atom. The standard InChI is InChI=1S/C7H9NO2S/c1-10-7(9)6-2-5(3-8)4-11-6/h5-6H,2,4H2,1H3/t5-,6+/m1/s1. The van der Waals surface area contributed by atoms with Crippen molar-refractivity contribution in [2.24, 2.45) is 5.92 Å². The van der Waals surface area contributed by atoms with Crippen LogP contribution in [0, 0.1) is 17.2 Å². The van der Waals surface area contributed by atoms with Crippen molar-refractivity contribution in [3.8, 4) is 6.07 Å². The highest BCUT2D eigenvalue weighted by Crippen LogP contribution is 2.31. The molecule has 0 aromatic heterocycles. The number of carbonyl (C=O) groups excluding carboxylic acids is 1. The molecule has 1 saturated heterocycles. The fraction of sp³-hybridized carbons (Fsp3) is 0.714. The summed E-state index contributed by atoms with van der Waals surface area (Å²) in [6.07, 6.45) is 0.647. The van der Waals surface area contributed by atoms with E-state index in [9.17, 15) is 4.79 Å². The lowest BCUT2D eigenvalue weighted by Crippen LogP contribution is -2.16. The molecule has 0 spiro atoms. The number of nitriles is 1. The van der Waals surface area contributed by atoms with E-state index in [1.54, 1.807) is 0 Å². The lowest BCUT2D eigenvalue weighted by Gasteiger charge is -2.03. The van der Waals surface area contributed by atoms with Crippen LogP contribution in [0.4, 0.5) is 0 Å². The van der Waals surface area contributed by atoms with Gasteiger partial charge >= 0.3 is 5.97 Å². The second-order valence-electron chi connectivity index (χ2n) is 2.41. The van der Waals surface area contributed by atoms with Crippen LogP contribution in [-0.4, -0.2) is 24.1 Å². The quantitative estimate of drug-likeness (QED) is 0.548. The van der Waals surface area contributed by atoms with Gasteiger partial charge in [-0.25, -0.2) is 0 Å². The highest BCUT2D eigenvalue weighted by Gasteiger charge is 2.30. The van der Waals surface area contributed by atoms with Crippen LogP contribution < -0.4 is 0 Å². The molecule has 0 radical (unpaired) electrons. The molecule has 0 unspecified atom stereocenters. The predicted molar refractivity (Wildman–Crippen MR) is 42.0 cm³/mol. The first-order valence-electron chi connectivity index (χ1n) is 3.37. The molecule has 0 N–H and O–H groups in total. The average molecular weight is 171 g/mol. The van der Waals surface area contributed by atoms with Crippen molar-refractivity contribution in [2.75, 3.05) is 12.9 Å². The van der Waals surface area contributed by atoms with Crippen molar-refractivity contribution >= 4 is 17.7 Å². The van der Waals surface area contributed by atoms with Gasteiger partial charge in [-0.05, 0) is 6.42 Å². The van der Waals surface area contributed by atoms with Gasteiger partial charge in [0.15, 0.2) is 0 Å². The summed E-state index contributed by atoms with van der Waals surface area (Å²) in [5, 5.41) is 8.42. The first kappa shape index (κ1) is 8.41. The van der Waals surface area contributed by atoms with E-state index in [2.05, 4.69) is 10.8 Å². The van der Waals surface area contributed by atoms with Crippen molar-refractivity contribution in [3.63, 3.8) is 0 Å². The van der Waals surface area contributed by atoms with Crippen molar-refractivity contribution in [2.45, 2.75) is 11.7 Å². The molecule has 0 aliphatic carbocycles. The zero-order chi connectivity index (χ0) is 8.27. The normalized spacial score (nSPS) is 29.5. The maximum atomic E-state index is 10.9. The molecule has 4 heteroatoms. The Morgan fingerprint density at radius 2 is 2.55 bits per heavy atom. The van der Waals surface area contributed by atoms with Crippen LogP contribution in [0.3, 0.4) is 0 Å². The number of methoxy groups -OCH3 is 1. The highest BCUT2D eigenvalue weighted by molar-refractivity contribution is 8.00. The number of carbonyl (C=O) groups is 1. The van der Waals surface area contributed by atoms with Gasteiger partial charge in [-0.1, -0.05) is 0 Å². The van der Waals surface area contributed by atoms with E-state index < -0.39 is 0 Å². The summed E-state index contributed by atoms with van der Waals surface area (Å²) in [5.41, 5.74) is 0. The predicted octanol–water partition coefficient (Wildman–Crippen LogP) is 0.805. The second kappa shape index (κ2) is 3.63. The Kier molecular flexibility index (Phi) is 2.77. The van der Waals surface area contributed by atoms with Crippen LogP contribution in [-0.2, 0) is 9.53 Å². The first-order chi connectivity index (χ1) is 5.27. The summed E-state index contributed by atoms with van der Waals surface area (Å²) in [6, 6.07) is 2.14. The molecular weight excluding hydrogens is 162 g/mol. The Balaban J connectivity index is 2.43. The molecule has 2 atom stereocenters. The summed E-state index contributed by atoms with van der Waals surface area (Å²) in [7, 11) is 1.38. The largest absolute Gasteiger partial charge is 0.468 e. The van der Waals surface area contributed by atoms with E-state index in [0.29, 0.717) is 6.42 Å². The van der Waals surface area contributed by atoms with Crippen LogP contribution >= 0.6 is 11.8 Å². The number of hydrogen-bond acceptors (Lipinski definition) is 4. The number of esters is 1. The molecule has 0 aromatic carbocycles. The fourth-order valence-electron chi connectivity index (χ4n) is 1.01. The molecule has 0 saturated carbocycles. The minimum atomic E-state index is -0.201. The zero-order valence-corrected chi connectivity index (χ0v) is 7.06. The van der Waals surface area contributed by atoms with Gasteiger partial charge in [-0.2, -0.15) is 5.26 Å². The molecule has 1 rings (SSSR count). The lowest BCUT2D eigenvalue weighted by molar-refractivity contribution is -0.140. The van der Waals surface area contributed by atoms with Gasteiger partial charge in [-0.3, -0.25) is 4.79 Å². The first-order valence-corrected chi connectivity index (χ1v) is 4.42. The molecule has 1 heterocycles. The van der Waals surface area contributed by atoms with Crippen LogP contribution in [0.2, 0.25) is 0 Å². The van der Waals surface area contributed by atoms with E-state index in [1.807, 2.05) is 0 Å². The Labute approximate surface area is 69.7 Å². The van der Waals surface area contributed by atoms with E-state index >= 15 is 0 Å². The lowest BCUT2D eigenvalue weighted by atomic mass is 10.1. The maximum absolute atomic E-state index is 10.9. The van der Waals surface area contributed by atoms with E-state index in [1.165, 1.54) is 18.9 Å². The number of hydrogen-bond donors (Lipinski definition) is 0. The molecule has 60 valence electrons. The smallest absolute Gasteiger partial charge is 0.318 e. The van der Waals surface area contributed by atoms with E-state index in [0.717, 1.165) is 5.75 Å². The van der Waals surface area contributed by atoms with Crippen molar-refractivity contribution in [1.29, 1.82) is 5.26 Å². The number of nitrogens with zero attached hydrogens (tertiary/aromatic N) is 1. The van der Waals surface area contributed by atoms with Crippen LogP contribution in [0.5, 0.6) is 0 Å². The third kappa shape index (κ3) is 1.87. The molecule has 0 aromatic rings. The molecule has 1 aliphatic heterocycles. The molecule has 0 amide bonds. The van der Waals surface area contributed by atoms with Gasteiger partial charge in [0.1, 0.15) is 5.25 Å². The van der Waals surface area contributed by atoms with Crippen molar-refractivity contribution in [3.05, 3.63) is 0 Å². The summed E-state index contributed by atoms with van der Waals surface area (Å²) < 4.78 is 4.56. The van der Waals surface area contributed by atoms with Gasteiger partial charge in [0.25, 0.3) is 0 Å². The summed E-state index contributed by atoms with van der Waals surface area (Å²) in [6.45, 7) is 0. The summed E-state index contributed by atoms with van der Waals surface area (Å²) in [5.74, 6) is 0.591. The Bertz CT molecular complexity index is 199. The average Bonchev–Trinajstić information content (AvgIpc) is 2.50. The second-order valence-corrected chi connectivity index (χ2v) is 3.64. The minimum absolute atomic E-state index is 0.0316. The minimum Gasteiger partial charge on any atom is -0.468 e. The third-order valence-corrected chi connectivity index (χ3v) is 3.03. The third-order valence-electron chi connectivity index (χ3n) is 1.64. The molecule has 1 aliphatic rings. The number of thioether (sulfide) groups is 1.